The summed E-state index contributed by atoms with van der Waals surface area (Å²) in [5, 5.41) is 3.22. The molecule has 3 heteroatoms. The average Bonchev–Trinajstić information content (AvgIpc) is 2.26. The van der Waals surface area contributed by atoms with Crippen LogP contribution in [0.2, 0.25) is 0 Å². The minimum atomic E-state index is -0.203. The van der Waals surface area contributed by atoms with Crippen molar-refractivity contribution in [2.75, 3.05) is 6.61 Å². The van der Waals surface area contributed by atoms with E-state index in [1.807, 2.05) is 6.92 Å². The molecule has 102 valence electrons. The van der Waals surface area contributed by atoms with E-state index in [1.54, 1.807) is 0 Å². The quantitative estimate of drug-likeness (QED) is 0.834. The second-order valence-electron chi connectivity index (χ2n) is 6.94. The monoisotopic (exact) mass is 251 g/mol. The molecule has 0 unspecified atom stereocenters. The van der Waals surface area contributed by atoms with Gasteiger partial charge >= 0.3 is 6.09 Å². The highest BCUT2D eigenvalue weighted by Crippen LogP contribution is 2.62. The van der Waals surface area contributed by atoms with Gasteiger partial charge in [0.1, 0.15) is 0 Å². The van der Waals surface area contributed by atoms with Gasteiger partial charge < -0.3 is 10.1 Å². The first-order valence-electron chi connectivity index (χ1n) is 7.54. The largest absolute Gasteiger partial charge is 0.450 e. The molecular weight excluding hydrogens is 226 g/mol. The van der Waals surface area contributed by atoms with E-state index in [-0.39, 0.29) is 11.6 Å². The van der Waals surface area contributed by atoms with E-state index < -0.39 is 0 Å². The van der Waals surface area contributed by atoms with Crippen molar-refractivity contribution in [1.29, 1.82) is 0 Å². The van der Waals surface area contributed by atoms with E-state index >= 15 is 0 Å². The number of ether oxygens (including phenoxy) is 1. The number of hydrogen-bond donors (Lipinski definition) is 1. The van der Waals surface area contributed by atoms with Crippen molar-refractivity contribution < 1.29 is 9.53 Å². The lowest BCUT2D eigenvalue weighted by Crippen LogP contribution is -2.63. The lowest BCUT2D eigenvalue weighted by molar-refractivity contribution is -0.0811. The van der Waals surface area contributed by atoms with Gasteiger partial charge in [-0.25, -0.2) is 4.79 Å². The fourth-order valence-electron chi connectivity index (χ4n) is 5.40. The standard InChI is InChI=1S/C15H25NO2/c1-3-14-6-11-5-12(7-14)9-15(8-11,10-14)16-13(17)18-4-2/h11-12H,3-10H2,1-2H3,(H,16,17)/t11-,12-,14?,15?/m0/s1. The number of carbonyl (C=O) groups is 1. The van der Waals surface area contributed by atoms with Gasteiger partial charge in [-0.15, -0.1) is 0 Å². The van der Waals surface area contributed by atoms with E-state index in [2.05, 4.69) is 12.2 Å². The Labute approximate surface area is 110 Å². The Balaban J connectivity index is 1.78. The van der Waals surface area contributed by atoms with Crippen LogP contribution in [0.3, 0.4) is 0 Å². The van der Waals surface area contributed by atoms with Gasteiger partial charge in [0.25, 0.3) is 0 Å². The Hall–Kier alpha value is -0.730. The second kappa shape index (κ2) is 4.14. The van der Waals surface area contributed by atoms with Gasteiger partial charge in [-0.3, -0.25) is 0 Å². The van der Waals surface area contributed by atoms with E-state index in [4.69, 9.17) is 4.74 Å². The Morgan fingerprint density at radius 1 is 1.22 bits per heavy atom. The maximum atomic E-state index is 11.8. The summed E-state index contributed by atoms with van der Waals surface area (Å²) in [6, 6.07) is 0. The first kappa shape index (κ1) is 12.3. The molecule has 3 nitrogen and oxygen atoms in total. The van der Waals surface area contributed by atoms with Crippen molar-refractivity contribution in [2.45, 2.75) is 64.3 Å². The molecule has 0 aromatic carbocycles. The van der Waals surface area contributed by atoms with Crippen molar-refractivity contribution in [1.82, 2.24) is 5.32 Å². The average molecular weight is 251 g/mol. The van der Waals surface area contributed by atoms with Crippen LogP contribution in [-0.4, -0.2) is 18.2 Å². The molecule has 2 atom stereocenters. The Bertz CT molecular complexity index is 338. The first-order chi connectivity index (χ1) is 8.59. The van der Waals surface area contributed by atoms with Crippen LogP contribution in [-0.2, 0) is 4.74 Å². The van der Waals surface area contributed by atoms with Crippen LogP contribution in [0.15, 0.2) is 0 Å². The molecule has 4 saturated carbocycles. The number of carbonyl (C=O) groups excluding carboxylic acids is 1. The van der Waals surface area contributed by atoms with Crippen molar-refractivity contribution in [3.63, 3.8) is 0 Å². The van der Waals surface area contributed by atoms with Crippen LogP contribution < -0.4 is 5.32 Å². The summed E-state index contributed by atoms with van der Waals surface area (Å²) in [6.45, 7) is 4.66. The number of amides is 1. The van der Waals surface area contributed by atoms with E-state index in [1.165, 1.54) is 44.9 Å². The molecular formula is C15H25NO2. The highest BCUT2D eigenvalue weighted by molar-refractivity contribution is 5.68. The van der Waals surface area contributed by atoms with Crippen molar-refractivity contribution in [3.8, 4) is 0 Å². The number of rotatable bonds is 3. The van der Waals surface area contributed by atoms with Crippen molar-refractivity contribution >= 4 is 6.09 Å². The molecule has 0 heterocycles. The van der Waals surface area contributed by atoms with Gasteiger partial charge in [-0.2, -0.15) is 0 Å². The molecule has 4 rings (SSSR count). The highest BCUT2D eigenvalue weighted by atomic mass is 16.5. The lowest BCUT2D eigenvalue weighted by atomic mass is 9.46. The molecule has 0 aromatic heterocycles. The molecule has 0 aliphatic heterocycles. The topological polar surface area (TPSA) is 38.3 Å². The molecule has 1 N–H and O–H groups in total. The predicted octanol–water partition coefficient (Wildman–Crippen LogP) is 3.48. The van der Waals surface area contributed by atoms with Crippen molar-refractivity contribution in [3.05, 3.63) is 0 Å². The fraction of sp³-hybridized carbons (Fsp3) is 0.933. The van der Waals surface area contributed by atoms with Crippen LogP contribution in [0.1, 0.15) is 58.8 Å². The fourth-order valence-corrected chi connectivity index (χ4v) is 5.40. The Morgan fingerprint density at radius 2 is 1.89 bits per heavy atom. The maximum absolute atomic E-state index is 11.8. The summed E-state index contributed by atoms with van der Waals surface area (Å²) >= 11 is 0. The molecule has 0 aromatic rings. The number of hydrogen-bond acceptors (Lipinski definition) is 2. The van der Waals surface area contributed by atoms with Gasteiger partial charge in [-0.1, -0.05) is 13.3 Å². The molecule has 0 saturated heterocycles. The van der Waals surface area contributed by atoms with Crippen LogP contribution >= 0.6 is 0 Å². The summed E-state index contributed by atoms with van der Waals surface area (Å²) in [7, 11) is 0. The zero-order valence-electron chi connectivity index (χ0n) is 11.6. The van der Waals surface area contributed by atoms with Crippen molar-refractivity contribution in [2.24, 2.45) is 17.3 Å². The third-order valence-electron chi connectivity index (χ3n) is 5.57. The van der Waals surface area contributed by atoms with Gasteiger partial charge in [0.05, 0.1) is 6.61 Å². The number of nitrogens with one attached hydrogen (secondary N) is 1. The molecule has 4 bridgehead atoms. The molecule has 0 spiro atoms. The minimum Gasteiger partial charge on any atom is -0.450 e. The Morgan fingerprint density at radius 3 is 2.44 bits per heavy atom. The second-order valence-corrected chi connectivity index (χ2v) is 6.94. The normalized spacial score (nSPS) is 45.0. The third kappa shape index (κ3) is 1.92. The van der Waals surface area contributed by atoms with E-state index in [0.717, 1.165) is 11.8 Å². The molecule has 0 radical (unpaired) electrons. The molecule has 1 amide bonds. The highest BCUT2D eigenvalue weighted by Gasteiger charge is 2.57. The maximum Gasteiger partial charge on any atom is 0.407 e. The van der Waals surface area contributed by atoms with E-state index in [9.17, 15) is 4.79 Å². The first-order valence-corrected chi connectivity index (χ1v) is 7.54. The molecule has 18 heavy (non-hydrogen) atoms. The summed E-state index contributed by atoms with van der Waals surface area (Å²) in [5.74, 6) is 1.68. The lowest BCUT2D eigenvalue weighted by Gasteiger charge is -2.62. The summed E-state index contributed by atoms with van der Waals surface area (Å²) in [6.07, 6.45) is 8.81. The van der Waals surface area contributed by atoms with Gasteiger partial charge in [-0.05, 0) is 62.7 Å². The predicted molar refractivity (Wildman–Crippen MR) is 70.3 cm³/mol. The SMILES string of the molecule is CCOC(=O)NC12C[C@H]3C[C@@H](CC(CC)(C3)C1)C2. The van der Waals surface area contributed by atoms with Crippen LogP contribution in [0.4, 0.5) is 4.79 Å². The van der Waals surface area contributed by atoms with E-state index in [0.29, 0.717) is 12.0 Å². The zero-order valence-corrected chi connectivity index (χ0v) is 11.6. The van der Waals surface area contributed by atoms with Gasteiger partial charge in [0, 0.05) is 5.54 Å². The molecule has 4 fully saturated rings. The smallest absolute Gasteiger partial charge is 0.407 e. The third-order valence-corrected chi connectivity index (χ3v) is 5.57. The number of alkyl carbamates (subject to hydrolysis) is 1. The molecule has 4 aliphatic carbocycles. The van der Waals surface area contributed by atoms with Crippen LogP contribution in [0.5, 0.6) is 0 Å². The zero-order chi connectivity index (χ0) is 12.8. The summed E-state index contributed by atoms with van der Waals surface area (Å²) in [5.41, 5.74) is 0.579. The van der Waals surface area contributed by atoms with Crippen LogP contribution in [0, 0.1) is 17.3 Å². The van der Waals surface area contributed by atoms with Gasteiger partial charge in [0.2, 0.25) is 0 Å². The van der Waals surface area contributed by atoms with Gasteiger partial charge in [0.15, 0.2) is 0 Å². The Kier molecular flexibility index (Phi) is 2.83. The minimum absolute atomic E-state index is 0.0619. The molecule has 4 aliphatic rings. The summed E-state index contributed by atoms with van der Waals surface area (Å²) < 4.78 is 5.10. The summed E-state index contributed by atoms with van der Waals surface area (Å²) in [4.78, 5) is 11.8. The van der Waals surface area contributed by atoms with Crippen LogP contribution in [0.25, 0.3) is 0 Å².